The van der Waals surface area contributed by atoms with Crippen molar-refractivity contribution in [1.82, 2.24) is 0 Å². The number of hydrogen-bond acceptors (Lipinski definition) is 2. The van der Waals surface area contributed by atoms with Gasteiger partial charge in [0.05, 0.1) is 13.2 Å². The molecule has 0 radical (unpaired) electrons. The van der Waals surface area contributed by atoms with Crippen LogP contribution in [0.25, 0.3) is 0 Å². The molecule has 106 valence electrons. The molecular weight excluding hydrogens is 279 g/mol. The molecule has 0 amide bonds. The molecule has 20 heavy (non-hydrogen) atoms. The molecule has 2 nitrogen and oxygen atoms in total. The summed E-state index contributed by atoms with van der Waals surface area (Å²) in [6.07, 6.45) is -0.643. The molecule has 0 aliphatic rings. The Morgan fingerprint density at radius 2 is 2.00 bits per heavy atom. The minimum absolute atomic E-state index is 0.165. The van der Waals surface area contributed by atoms with Gasteiger partial charge in [-0.1, -0.05) is 23.7 Å². The predicted octanol–water partition coefficient (Wildman–Crippen LogP) is 4.07. The van der Waals surface area contributed by atoms with Gasteiger partial charge >= 0.3 is 0 Å². The molecule has 0 aliphatic heterocycles. The van der Waals surface area contributed by atoms with Gasteiger partial charge in [-0.3, -0.25) is 0 Å². The van der Waals surface area contributed by atoms with Crippen LogP contribution in [0.2, 0.25) is 5.02 Å². The fourth-order valence-electron chi connectivity index (χ4n) is 2.07. The van der Waals surface area contributed by atoms with E-state index in [0.29, 0.717) is 21.9 Å². The fraction of sp³-hybridized carbons (Fsp3) is 0.250. The SMILES string of the molecule is COc1cc(C(O)Cc2cc(Cl)ccc2F)ccc1C. The van der Waals surface area contributed by atoms with Crippen molar-refractivity contribution in [3.63, 3.8) is 0 Å². The first-order chi connectivity index (χ1) is 9.51. The molecule has 4 heteroatoms. The summed E-state index contributed by atoms with van der Waals surface area (Å²) in [7, 11) is 1.58. The van der Waals surface area contributed by atoms with Gasteiger partial charge in [0.1, 0.15) is 11.6 Å². The van der Waals surface area contributed by atoms with Crippen LogP contribution in [0.1, 0.15) is 22.8 Å². The lowest BCUT2D eigenvalue weighted by Gasteiger charge is -2.14. The number of aliphatic hydroxyl groups is 1. The van der Waals surface area contributed by atoms with E-state index in [1.807, 2.05) is 19.1 Å². The largest absolute Gasteiger partial charge is 0.496 e. The van der Waals surface area contributed by atoms with Gasteiger partial charge in [0.2, 0.25) is 0 Å². The number of aliphatic hydroxyl groups excluding tert-OH is 1. The second-order valence-electron chi connectivity index (χ2n) is 4.68. The zero-order valence-corrected chi connectivity index (χ0v) is 12.1. The van der Waals surface area contributed by atoms with Crippen LogP contribution in [0.4, 0.5) is 4.39 Å². The van der Waals surface area contributed by atoms with E-state index in [1.165, 1.54) is 18.2 Å². The number of benzene rings is 2. The quantitative estimate of drug-likeness (QED) is 0.921. The van der Waals surface area contributed by atoms with Crippen molar-refractivity contribution >= 4 is 11.6 Å². The number of rotatable bonds is 4. The van der Waals surface area contributed by atoms with E-state index >= 15 is 0 Å². The number of aryl methyl sites for hydroxylation is 1. The van der Waals surface area contributed by atoms with E-state index in [9.17, 15) is 9.50 Å². The minimum Gasteiger partial charge on any atom is -0.496 e. The first-order valence-corrected chi connectivity index (χ1v) is 6.65. The minimum atomic E-state index is -0.808. The van der Waals surface area contributed by atoms with Gasteiger partial charge in [0, 0.05) is 11.4 Å². The zero-order chi connectivity index (χ0) is 14.7. The van der Waals surface area contributed by atoms with Gasteiger partial charge in [-0.2, -0.15) is 0 Å². The molecule has 2 aromatic carbocycles. The molecule has 1 atom stereocenters. The highest BCUT2D eigenvalue weighted by molar-refractivity contribution is 6.30. The number of hydrogen-bond donors (Lipinski definition) is 1. The normalized spacial score (nSPS) is 12.2. The molecule has 0 aliphatic carbocycles. The molecule has 0 bridgehead atoms. The smallest absolute Gasteiger partial charge is 0.126 e. The molecule has 0 spiro atoms. The van der Waals surface area contributed by atoms with Gasteiger partial charge < -0.3 is 9.84 Å². The zero-order valence-electron chi connectivity index (χ0n) is 11.4. The van der Waals surface area contributed by atoms with Gasteiger partial charge in [0.15, 0.2) is 0 Å². The van der Waals surface area contributed by atoms with Crippen LogP contribution in [0, 0.1) is 12.7 Å². The van der Waals surface area contributed by atoms with Crippen molar-refractivity contribution < 1.29 is 14.2 Å². The Labute approximate surface area is 122 Å². The third kappa shape index (κ3) is 3.30. The Kier molecular flexibility index (Phi) is 4.63. The molecule has 0 saturated carbocycles. The van der Waals surface area contributed by atoms with Crippen LogP contribution in [0.3, 0.4) is 0 Å². The van der Waals surface area contributed by atoms with Crippen LogP contribution < -0.4 is 4.74 Å². The summed E-state index contributed by atoms with van der Waals surface area (Å²) in [4.78, 5) is 0. The van der Waals surface area contributed by atoms with E-state index in [4.69, 9.17) is 16.3 Å². The van der Waals surface area contributed by atoms with Crippen molar-refractivity contribution in [1.29, 1.82) is 0 Å². The molecule has 0 heterocycles. The third-order valence-corrected chi connectivity index (χ3v) is 3.47. The van der Waals surface area contributed by atoms with E-state index in [-0.39, 0.29) is 12.2 Å². The first kappa shape index (κ1) is 14.8. The van der Waals surface area contributed by atoms with Gasteiger partial charge in [-0.05, 0) is 47.9 Å². The molecule has 0 saturated heterocycles. The molecule has 2 rings (SSSR count). The van der Waals surface area contributed by atoms with Crippen molar-refractivity contribution in [2.75, 3.05) is 7.11 Å². The molecule has 2 aromatic rings. The third-order valence-electron chi connectivity index (χ3n) is 3.24. The average molecular weight is 295 g/mol. The molecule has 0 fully saturated rings. The van der Waals surface area contributed by atoms with Crippen molar-refractivity contribution in [3.8, 4) is 5.75 Å². The molecule has 0 aromatic heterocycles. The van der Waals surface area contributed by atoms with Crippen LogP contribution in [0.15, 0.2) is 36.4 Å². The standard InChI is InChI=1S/C16H16ClFO2/c1-10-3-4-11(9-16(10)20-2)15(19)8-12-7-13(17)5-6-14(12)18/h3-7,9,15,19H,8H2,1-2H3. The number of ether oxygens (including phenoxy) is 1. The van der Waals surface area contributed by atoms with Crippen molar-refractivity contribution in [2.24, 2.45) is 0 Å². The summed E-state index contributed by atoms with van der Waals surface area (Å²) >= 11 is 5.85. The monoisotopic (exact) mass is 294 g/mol. The van der Waals surface area contributed by atoms with Crippen LogP contribution in [-0.4, -0.2) is 12.2 Å². The molecule has 1 N–H and O–H groups in total. The Morgan fingerprint density at radius 1 is 1.25 bits per heavy atom. The first-order valence-electron chi connectivity index (χ1n) is 6.28. The van der Waals surface area contributed by atoms with Gasteiger partial charge in [0.25, 0.3) is 0 Å². The highest BCUT2D eigenvalue weighted by Crippen LogP contribution is 2.26. The Morgan fingerprint density at radius 3 is 2.70 bits per heavy atom. The second kappa shape index (κ2) is 6.25. The highest BCUT2D eigenvalue weighted by atomic mass is 35.5. The van der Waals surface area contributed by atoms with Crippen LogP contribution >= 0.6 is 11.6 Å². The second-order valence-corrected chi connectivity index (χ2v) is 5.12. The Balaban J connectivity index is 2.23. The summed E-state index contributed by atoms with van der Waals surface area (Å²) in [5.41, 5.74) is 2.06. The Hall–Kier alpha value is -1.58. The lowest BCUT2D eigenvalue weighted by Crippen LogP contribution is -2.04. The average Bonchev–Trinajstić information content (AvgIpc) is 2.43. The lowest BCUT2D eigenvalue weighted by atomic mass is 9.99. The summed E-state index contributed by atoms with van der Waals surface area (Å²) in [6.45, 7) is 1.92. The Bertz CT molecular complexity index is 613. The maximum atomic E-state index is 13.7. The number of halogens is 2. The molecular formula is C16H16ClFO2. The maximum absolute atomic E-state index is 13.7. The van der Waals surface area contributed by atoms with Gasteiger partial charge in [-0.25, -0.2) is 4.39 Å². The van der Waals surface area contributed by atoms with E-state index in [0.717, 1.165) is 5.56 Å². The lowest BCUT2D eigenvalue weighted by molar-refractivity contribution is 0.176. The summed E-state index contributed by atoms with van der Waals surface area (Å²) < 4.78 is 18.9. The topological polar surface area (TPSA) is 29.5 Å². The van der Waals surface area contributed by atoms with Gasteiger partial charge in [-0.15, -0.1) is 0 Å². The van der Waals surface area contributed by atoms with E-state index in [2.05, 4.69) is 0 Å². The predicted molar refractivity (Wildman–Crippen MR) is 77.8 cm³/mol. The maximum Gasteiger partial charge on any atom is 0.126 e. The van der Waals surface area contributed by atoms with E-state index in [1.54, 1.807) is 13.2 Å². The summed E-state index contributed by atoms with van der Waals surface area (Å²) in [5.74, 6) is 0.334. The fourth-order valence-corrected chi connectivity index (χ4v) is 2.26. The highest BCUT2D eigenvalue weighted by Gasteiger charge is 2.13. The molecule has 1 unspecified atom stereocenters. The van der Waals surface area contributed by atoms with Crippen molar-refractivity contribution in [3.05, 3.63) is 63.9 Å². The number of methoxy groups -OCH3 is 1. The van der Waals surface area contributed by atoms with Crippen LogP contribution in [-0.2, 0) is 6.42 Å². The van der Waals surface area contributed by atoms with Crippen LogP contribution in [0.5, 0.6) is 5.75 Å². The van der Waals surface area contributed by atoms with E-state index < -0.39 is 6.10 Å². The summed E-state index contributed by atoms with van der Waals surface area (Å²) in [5, 5.41) is 10.7. The summed E-state index contributed by atoms with van der Waals surface area (Å²) in [6, 6.07) is 9.77. The van der Waals surface area contributed by atoms with Crippen molar-refractivity contribution in [2.45, 2.75) is 19.4 Å².